The van der Waals surface area contributed by atoms with Crippen LogP contribution >= 0.6 is 11.8 Å². The lowest BCUT2D eigenvalue weighted by molar-refractivity contribution is -0.118. The highest BCUT2D eigenvalue weighted by molar-refractivity contribution is 7.99. The van der Waals surface area contributed by atoms with E-state index in [4.69, 9.17) is 9.47 Å². The van der Waals surface area contributed by atoms with Gasteiger partial charge in [0.2, 0.25) is 5.91 Å². The first kappa shape index (κ1) is 20.5. The van der Waals surface area contributed by atoms with Crippen molar-refractivity contribution in [1.29, 1.82) is 0 Å². The fourth-order valence-corrected chi connectivity index (χ4v) is 3.86. The quantitative estimate of drug-likeness (QED) is 0.565. The number of benzene rings is 1. The van der Waals surface area contributed by atoms with Crippen LogP contribution in [0.4, 0.5) is 0 Å². The van der Waals surface area contributed by atoms with E-state index in [2.05, 4.69) is 22.2 Å². The second-order valence-corrected chi connectivity index (χ2v) is 7.94. The van der Waals surface area contributed by atoms with Crippen molar-refractivity contribution in [2.75, 3.05) is 12.4 Å². The highest BCUT2D eigenvalue weighted by Gasteiger charge is 2.22. The first-order chi connectivity index (χ1) is 13.4. The van der Waals surface area contributed by atoms with E-state index < -0.39 is 0 Å². The SMILES string of the molecule is CCOc1cc2c(cc1CNC(=O)CSc1nc(C)c(C)c(C)n1)O[C@H](C)C2. The molecule has 1 aromatic heterocycles. The van der Waals surface area contributed by atoms with E-state index >= 15 is 0 Å². The monoisotopic (exact) mass is 401 g/mol. The van der Waals surface area contributed by atoms with Gasteiger partial charge in [-0.05, 0) is 52.3 Å². The number of nitrogens with zero attached hydrogens (tertiary/aromatic N) is 2. The summed E-state index contributed by atoms with van der Waals surface area (Å²) >= 11 is 1.35. The van der Waals surface area contributed by atoms with Crippen LogP contribution in [-0.2, 0) is 17.8 Å². The lowest BCUT2D eigenvalue weighted by atomic mass is 10.1. The van der Waals surface area contributed by atoms with Gasteiger partial charge in [-0.2, -0.15) is 0 Å². The minimum Gasteiger partial charge on any atom is -0.494 e. The van der Waals surface area contributed by atoms with E-state index in [9.17, 15) is 4.79 Å². The number of nitrogens with one attached hydrogen (secondary N) is 1. The molecule has 1 aliphatic heterocycles. The summed E-state index contributed by atoms with van der Waals surface area (Å²) in [5, 5.41) is 3.59. The summed E-state index contributed by atoms with van der Waals surface area (Å²) < 4.78 is 11.6. The molecule has 150 valence electrons. The van der Waals surface area contributed by atoms with Crippen molar-refractivity contribution in [3.8, 4) is 11.5 Å². The van der Waals surface area contributed by atoms with Crippen molar-refractivity contribution in [1.82, 2.24) is 15.3 Å². The zero-order valence-electron chi connectivity index (χ0n) is 17.1. The van der Waals surface area contributed by atoms with Gasteiger partial charge in [0, 0.05) is 35.5 Å². The van der Waals surface area contributed by atoms with Crippen LogP contribution in [0.25, 0.3) is 0 Å². The molecule has 0 radical (unpaired) electrons. The molecule has 2 heterocycles. The van der Waals surface area contributed by atoms with E-state index in [0.717, 1.165) is 46.0 Å². The molecule has 0 fully saturated rings. The number of rotatable bonds is 7. The molecule has 1 aliphatic rings. The lowest BCUT2D eigenvalue weighted by Gasteiger charge is -2.13. The van der Waals surface area contributed by atoms with Crippen LogP contribution in [-0.4, -0.2) is 34.3 Å². The van der Waals surface area contributed by atoms with Crippen molar-refractivity contribution in [3.63, 3.8) is 0 Å². The van der Waals surface area contributed by atoms with Crippen LogP contribution in [0.15, 0.2) is 17.3 Å². The average molecular weight is 402 g/mol. The van der Waals surface area contributed by atoms with Gasteiger partial charge in [-0.3, -0.25) is 4.79 Å². The van der Waals surface area contributed by atoms with Gasteiger partial charge in [0.05, 0.1) is 12.4 Å². The number of aromatic nitrogens is 2. The fourth-order valence-electron chi connectivity index (χ4n) is 3.09. The second kappa shape index (κ2) is 8.82. The third kappa shape index (κ3) is 4.76. The maximum absolute atomic E-state index is 12.3. The Morgan fingerprint density at radius 2 is 2.00 bits per heavy atom. The molecule has 1 amide bonds. The van der Waals surface area contributed by atoms with Crippen LogP contribution in [0.2, 0.25) is 0 Å². The topological polar surface area (TPSA) is 73.3 Å². The highest BCUT2D eigenvalue weighted by Crippen LogP contribution is 2.35. The van der Waals surface area contributed by atoms with Gasteiger partial charge in [-0.15, -0.1) is 0 Å². The number of amides is 1. The minimum atomic E-state index is -0.0679. The third-order valence-electron chi connectivity index (χ3n) is 4.80. The lowest BCUT2D eigenvalue weighted by Crippen LogP contribution is -2.25. The summed E-state index contributed by atoms with van der Waals surface area (Å²) in [6.07, 6.45) is 1.06. The van der Waals surface area contributed by atoms with Gasteiger partial charge in [0.1, 0.15) is 17.6 Å². The Hall–Kier alpha value is -2.28. The Morgan fingerprint density at radius 1 is 1.29 bits per heavy atom. The molecule has 3 rings (SSSR count). The summed E-state index contributed by atoms with van der Waals surface area (Å²) in [5.74, 6) is 1.89. The number of carbonyl (C=O) groups is 1. The predicted octanol–water partition coefficient (Wildman–Crippen LogP) is 3.53. The first-order valence-electron chi connectivity index (χ1n) is 9.54. The number of aryl methyl sites for hydroxylation is 2. The normalized spacial score (nSPS) is 15.1. The maximum Gasteiger partial charge on any atom is 0.230 e. The molecule has 0 spiro atoms. The molecular formula is C21H27N3O3S. The predicted molar refractivity (Wildman–Crippen MR) is 110 cm³/mol. The van der Waals surface area contributed by atoms with E-state index in [-0.39, 0.29) is 17.8 Å². The van der Waals surface area contributed by atoms with Crippen LogP contribution in [0, 0.1) is 20.8 Å². The summed E-state index contributed by atoms with van der Waals surface area (Å²) in [4.78, 5) is 21.2. The van der Waals surface area contributed by atoms with Gasteiger partial charge in [-0.25, -0.2) is 9.97 Å². The largest absolute Gasteiger partial charge is 0.494 e. The Morgan fingerprint density at radius 3 is 2.68 bits per heavy atom. The molecule has 1 N–H and O–H groups in total. The third-order valence-corrected chi connectivity index (χ3v) is 5.65. The molecule has 0 saturated heterocycles. The van der Waals surface area contributed by atoms with Gasteiger partial charge < -0.3 is 14.8 Å². The molecule has 0 bridgehead atoms. The Bertz CT molecular complexity index is 862. The number of fused-ring (bicyclic) bond motifs is 1. The zero-order valence-corrected chi connectivity index (χ0v) is 17.9. The van der Waals surface area contributed by atoms with Crippen molar-refractivity contribution < 1.29 is 14.3 Å². The molecule has 7 heteroatoms. The Labute approximate surface area is 170 Å². The molecular weight excluding hydrogens is 374 g/mol. The molecule has 6 nitrogen and oxygen atoms in total. The molecule has 0 saturated carbocycles. The smallest absolute Gasteiger partial charge is 0.230 e. The molecule has 1 atom stereocenters. The van der Waals surface area contributed by atoms with Gasteiger partial charge in [-0.1, -0.05) is 11.8 Å². The van der Waals surface area contributed by atoms with Crippen LogP contribution in [0.5, 0.6) is 11.5 Å². The van der Waals surface area contributed by atoms with Crippen molar-refractivity contribution in [2.24, 2.45) is 0 Å². The number of hydrogen-bond acceptors (Lipinski definition) is 6. The minimum absolute atomic E-state index is 0.0679. The number of carbonyl (C=O) groups excluding carboxylic acids is 1. The Kier molecular flexibility index (Phi) is 6.44. The molecule has 28 heavy (non-hydrogen) atoms. The van der Waals surface area contributed by atoms with Crippen LogP contribution < -0.4 is 14.8 Å². The van der Waals surface area contributed by atoms with Gasteiger partial charge in [0.15, 0.2) is 5.16 Å². The van der Waals surface area contributed by atoms with Crippen molar-refractivity contribution in [3.05, 3.63) is 40.2 Å². The van der Waals surface area contributed by atoms with E-state index in [1.165, 1.54) is 11.8 Å². The molecule has 1 aromatic carbocycles. The number of hydrogen-bond donors (Lipinski definition) is 1. The zero-order chi connectivity index (χ0) is 20.3. The fraction of sp³-hybridized carbons (Fsp3) is 0.476. The molecule has 0 aliphatic carbocycles. The summed E-state index contributed by atoms with van der Waals surface area (Å²) in [5.41, 5.74) is 5.06. The summed E-state index contributed by atoms with van der Waals surface area (Å²) in [6, 6.07) is 4.01. The van der Waals surface area contributed by atoms with Crippen molar-refractivity contribution >= 4 is 17.7 Å². The van der Waals surface area contributed by atoms with Crippen LogP contribution in [0.1, 0.15) is 41.9 Å². The van der Waals surface area contributed by atoms with E-state index in [0.29, 0.717) is 18.3 Å². The van der Waals surface area contributed by atoms with Gasteiger partial charge >= 0.3 is 0 Å². The summed E-state index contributed by atoms with van der Waals surface area (Å²) in [7, 11) is 0. The molecule has 2 aromatic rings. The highest BCUT2D eigenvalue weighted by atomic mass is 32.2. The number of thioether (sulfide) groups is 1. The van der Waals surface area contributed by atoms with Crippen molar-refractivity contribution in [2.45, 2.75) is 58.8 Å². The summed E-state index contributed by atoms with van der Waals surface area (Å²) in [6.45, 7) is 10.9. The first-order valence-corrected chi connectivity index (χ1v) is 10.5. The molecule has 0 unspecified atom stereocenters. The Balaban J connectivity index is 1.61. The van der Waals surface area contributed by atoms with Gasteiger partial charge in [0.25, 0.3) is 0 Å². The number of ether oxygens (including phenoxy) is 2. The maximum atomic E-state index is 12.3. The average Bonchev–Trinajstić information content (AvgIpc) is 3.01. The van der Waals surface area contributed by atoms with E-state index in [1.807, 2.05) is 39.8 Å². The van der Waals surface area contributed by atoms with E-state index in [1.54, 1.807) is 0 Å². The van der Waals surface area contributed by atoms with Crippen LogP contribution in [0.3, 0.4) is 0 Å². The standard InChI is InChI=1S/C21H27N3O3S/c1-6-26-18-8-16-7-12(2)27-19(16)9-17(18)10-22-20(25)11-28-21-23-14(4)13(3)15(5)24-21/h8-9,12H,6-7,10-11H2,1-5H3,(H,22,25)/t12-/m1/s1. The second-order valence-electron chi connectivity index (χ2n) is 7.00.